The number of hydrogen-bond acceptors (Lipinski definition) is 2. The van der Waals surface area contributed by atoms with Gasteiger partial charge in [-0.2, -0.15) is 0 Å². The number of fused-ring (bicyclic) bond motifs is 9. The van der Waals surface area contributed by atoms with E-state index in [9.17, 15) is 0 Å². The monoisotopic (exact) mass is 481 g/mol. The van der Waals surface area contributed by atoms with Crippen LogP contribution in [-0.2, 0) is 6.32 Å². The van der Waals surface area contributed by atoms with Crippen molar-refractivity contribution in [2.24, 2.45) is 0 Å². The molecule has 3 heterocycles. The van der Waals surface area contributed by atoms with Crippen molar-refractivity contribution < 1.29 is 0 Å². The van der Waals surface area contributed by atoms with Crippen LogP contribution in [-0.4, -0.2) is 83.4 Å². The smallest absolute Gasteiger partial charge is 0.125 e. The van der Waals surface area contributed by atoms with Crippen LogP contribution >= 0.6 is 22.7 Å². The fourth-order valence-electron chi connectivity index (χ4n) is 5.28. The van der Waals surface area contributed by atoms with Crippen molar-refractivity contribution in [1.29, 1.82) is 0 Å². The molecule has 1 aliphatic rings. The van der Waals surface area contributed by atoms with Crippen LogP contribution in [0.2, 0.25) is 0 Å². The zero-order valence-electron chi connectivity index (χ0n) is 19.5. The molecular weight excluding hydrogens is 475 g/mol. The molecule has 37 heavy (non-hydrogen) atoms. The van der Waals surface area contributed by atoms with Crippen molar-refractivity contribution in [1.82, 2.24) is 4.98 Å². The highest BCUT2D eigenvalue weighted by Crippen LogP contribution is 2.50. The molecule has 0 saturated carbocycles. The van der Waals surface area contributed by atoms with E-state index in [4.69, 9.17) is 84.9 Å². The molecule has 0 bridgehead atoms. The van der Waals surface area contributed by atoms with Crippen LogP contribution < -0.4 is 21.9 Å². The molecule has 5 aromatic rings. The predicted molar refractivity (Wildman–Crippen MR) is 172 cm³/mol. The number of H-pyrrole nitrogens is 1. The largest absolute Gasteiger partial charge is 0.355 e. The number of benzene rings is 2. The molecule has 0 spiro atoms. The van der Waals surface area contributed by atoms with E-state index in [1.165, 1.54) is 22.7 Å². The van der Waals surface area contributed by atoms with E-state index in [0.717, 1.165) is 42.2 Å². The third-order valence-electron chi connectivity index (χ3n) is 7.16. The van der Waals surface area contributed by atoms with E-state index in [1.54, 1.807) is 0 Å². The quantitative estimate of drug-likeness (QED) is 0.259. The molecule has 1 N–H and O–H groups in total. The highest BCUT2D eigenvalue weighted by molar-refractivity contribution is 7.23. The Morgan fingerprint density at radius 3 is 1.97 bits per heavy atom. The Labute approximate surface area is 236 Å². The molecule has 0 amide bonds. The third-order valence-corrected chi connectivity index (χ3v) is 9.73. The fraction of sp³-hybridized carbons (Fsp3) is 0.0833. The normalized spacial score (nSPS) is 16.2. The van der Waals surface area contributed by atoms with E-state index in [1.807, 2.05) is 0 Å². The summed E-state index contributed by atoms with van der Waals surface area (Å²) in [6, 6.07) is 0. The summed E-state index contributed by atoms with van der Waals surface area (Å²) in [6.07, 6.45) is 5.65. The van der Waals surface area contributed by atoms with Crippen LogP contribution in [0.25, 0.3) is 52.9 Å². The summed E-state index contributed by atoms with van der Waals surface area (Å²) < 4.78 is 1.46. The van der Waals surface area contributed by atoms with Gasteiger partial charge in [-0.1, -0.05) is 50.5 Å². The fourth-order valence-corrected chi connectivity index (χ4v) is 7.87. The summed E-state index contributed by atoms with van der Waals surface area (Å²) >= 11 is 2.73. The predicted octanol–water partition coefficient (Wildman–Crippen LogP) is -0.538. The number of terminal acetylenes is 1. The topological polar surface area (TPSA) is 15.8 Å². The van der Waals surface area contributed by atoms with Gasteiger partial charge < -0.3 is 4.98 Å². The Hall–Kier alpha value is -2.15. The molecule has 0 fully saturated rings. The molecule has 20 radical (unpaired) electrons. The van der Waals surface area contributed by atoms with Gasteiger partial charge in [-0.3, -0.25) is 0 Å². The van der Waals surface area contributed by atoms with Gasteiger partial charge in [-0.05, 0) is 16.9 Å². The Morgan fingerprint density at radius 1 is 0.838 bits per heavy atom. The number of hydrogen-bond donors (Lipinski definition) is 1. The average molecular weight is 480 g/mol. The van der Waals surface area contributed by atoms with Gasteiger partial charge in [0.25, 0.3) is 0 Å². The lowest BCUT2D eigenvalue weighted by atomic mass is 9.68. The van der Waals surface area contributed by atoms with E-state index in [2.05, 4.69) is 10.9 Å². The van der Waals surface area contributed by atoms with Gasteiger partial charge in [0.15, 0.2) is 0 Å². The Morgan fingerprint density at radius 2 is 1.41 bits per heavy atom. The number of aromatic amines is 1. The molecule has 0 aliphatic heterocycles. The highest BCUT2D eigenvalue weighted by atomic mass is 32.1. The maximum atomic E-state index is 6.58. The molecule has 6 rings (SSSR count). The van der Waals surface area contributed by atoms with Gasteiger partial charge in [0.05, 0.1) is 15.7 Å². The second kappa shape index (κ2) is 8.42. The number of thiophene rings is 2. The maximum absolute atomic E-state index is 6.58. The zero-order chi connectivity index (χ0) is 26.7. The minimum Gasteiger partial charge on any atom is -0.355 e. The van der Waals surface area contributed by atoms with Crippen molar-refractivity contribution in [2.75, 3.05) is 0 Å². The van der Waals surface area contributed by atoms with Crippen LogP contribution in [0, 0.1) is 12.3 Å². The first-order valence-corrected chi connectivity index (χ1v) is 12.7. The minimum absolute atomic E-state index is 0.0982. The lowest BCUT2D eigenvalue weighted by Crippen LogP contribution is -2.27. The van der Waals surface area contributed by atoms with Crippen molar-refractivity contribution in [3.8, 4) is 12.3 Å². The van der Waals surface area contributed by atoms with Gasteiger partial charge in [-0.25, -0.2) is 0 Å². The maximum Gasteiger partial charge on any atom is 0.125 e. The Kier molecular flexibility index (Phi) is 5.72. The van der Waals surface area contributed by atoms with Crippen molar-refractivity contribution in [2.45, 2.75) is 12.1 Å². The Balaban J connectivity index is 1.95. The molecule has 0 saturated heterocycles. The standard InChI is InChI=1S/C24H5B10NS2/c1-2-5(26)11(27)21-4(3-25)6-7-8-9-10-12(28)13(29)16(32)24(10)37-23(9)18(34)15(31)20(8)35-19(7)14(30)17(33)22(6)36-21/h1,12,35H,3H2/b11-5-. The van der Waals surface area contributed by atoms with E-state index in [0.29, 0.717) is 53.4 Å². The van der Waals surface area contributed by atoms with Gasteiger partial charge in [0, 0.05) is 51.7 Å². The lowest BCUT2D eigenvalue weighted by molar-refractivity contribution is 1.26. The number of rotatable bonds is 2. The summed E-state index contributed by atoms with van der Waals surface area (Å²) in [4.78, 5) is 4.76. The van der Waals surface area contributed by atoms with Crippen molar-refractivity contribution in [3.05, 3.63) is 31.8 Å². The van der Waals surface area contributed by atoms with Crippen molar-refractivity contribution in [3.63, 3.8) is 0 Å². The summed E-state index contributed by atoms with van der Waals surface area (Å²) in [7, 11) is 64.0. The SMILES string of the molecule is [B]Cc1c(/C([B])=C(/[B])C#C)sc2c([B])c([B])c3[nH]c4c([B])c([B])c5sc6c(c5c4c3c12)C([B])C([B])=C6[B]. The average Bonchev–Trinajstić information content (AvgIpc) is 3.62. The molecular formula is C24H5B10NS2. The lowest BCUT2D eigenvalue weighted by Gasteiger charge is -2.13. The minimum atomic E-state index is -0.609. The molecule has 1 atom stereocenters. The van der Waals surface area contributed by atoms with E-state index >= 15 is 0 Å². The number of nitrogens with one attached hydrogen (secondary N) is 1. The van der Waals surface area contributed by atoms with Crippen molar-refractivity contribution >= 4 is 176 Å². The summed E-state index contributed by atoms with van der Waals surface area (Å²) in [6.45, 7) is 0. The van der Waals surface area contributed by atoms with E-state index in [-0.39, 0.29) is 17.3 Å². The molecule has 13 heteroatoms. The van der Waals surface area contributed by atoms with Crippen LogP contribution in [0.1, 0.15) is 26.7 Å². The first-order valence-electron chi connectivity index (χ1n) is 11.1. The van der Waals surface area contributed by atoms with Crippen LogP contribution in [0.4, 0.5) is 0 Å². The molecule has 1 nitrogen and oxygen atoms in total. The van der Waals surface area contributed by atoms with Gasteiger partial charge >= 0.3 is 0 Å². The van der Waals surface area contributed by atoms with Crippen LogP contribution in [0.15, 0.2) is 10.9 Å². The Bertz CT molecular complexity index is 1980. The zero-order valence-corrected chi connectivity index (χ0v) is 21.1. The second-order valence-corrected chi connectivity index (χ2v) is 11.0. The molecule has 1 aliphatic carbocycles. The summed E-state index contributed by atoms with van der Waals surface area (Å²) in [5.41, 5.74) is 5.39. The first-order chi connectivity index (χ1) is 17.5. The third kappa shape index (κ3) is 3.06. The second-order valence-electron chi connectivity index (χ2n) is 8.97. The van der Waals surface area contributed by atoms with Gasteiger partial charge in [-0.15, -0.1) is 34.6 Å². The van der Waals surface area contributed by atoms with Crippen LogP contribution in [0.3, 0.4) is 0 Å². The molecule has 1 unspecified atom stereocenters. The van der Waals surface area contributed by atoms with Crippen LogP contribution in [0.5, 0.6) is 0 Å². The number of allylic oxidation sites excluding steroid dienone is 2. The number of aromatic nitrogens is 1. The van der Waals surface area contributed by atoms with Gasteiger partial charge in [0.2, 0.25) is 0 Å². The molecule has 148 valence electrons. The first kappa shape index (κ1) is 25.1. The molecule has 2 aromatic carbocycles. The molecule has 3 aromatic heterocycles. The summed E-state index contributed by atoms with van der Waals surface area (Å²) in [5.74, 6) is 1.78. The van der Waals surface area contributed by atoms with Gasteiger partial charge in [0.1, 0.15) is 62.8 Å². The van der Waals surface area contributed by atoms with E-state index < -0.39 is 5.82 Å². The summed E-state index contributed by atoms with van der Waals surface area (Å²) in [5, 5.41) is 3.11. The highest BCUT2D eigenvalue weighted by Gasteiger charge is 2.31.